The van der Waals surface area contributed by atoms with Gasteiger partial charge in [0, 0.05) is 12.2 Å². The van der Waals surface area contributed by atoms with Gasteiger partial charge in [0.15, 0.2) is 0 Å². The third-order valence-electron chi connectivity index (χ3n) is 3.14. The predicted octanol–water partition coefficient (Wildman–Crippen LogP) is 4.90. The van der Waals surface area contributed by atoms with E-state index in [1.807, 2.05) is 6.07 Å². The van der Waals surface area contributed by atoms with Crippen LogP contribution in [0.1, 0.15) is 24.0 Å². The van der Waals surface area contributed by atoms with Crippen molar-refractivity contribution in [2.24, 2.45) is 0 Å². The summed E-state index contributed by atoms with van der Waals surface area (Å²) in [5, 5.41) is 3.42. The Balaban J connectivity index is 1.68. The molecule has 1 heteroatoms. The van der Waals surface area contributed by atoms with Gasteiger partial charge in [-0.1, -0.05) is 54.6 Å². The predicted molar refractivity (Wildman–Crippen MR) is 84.4 cm³/mol. The van der Waals surface area contributed by atoms with E-state index < -0.39 is 0 Å². The number of rotatable bonds is 6. The number of allylic oxidation sites excluding steroid dienone is 1. The fraction of sp³-hybridized carbons (Fsp3) is 0.222. The van der Waals surface area contributed by atoms with Gasteiger partial charge in [-0.25, -0.2) is 0 Å². The summed E-state index contributed by atoms with van der Waals surface area (Å²) in [5.74, 6) is 0. The van der Waals surface area contributed by atoms with E-state index in [4.69, 9.17) is 0 Å². The van der Waals surface area contributed by atoms with Crippen LogP contribution in [0.4, 0.5) is 5.69 Å². The van der Waals surface area contributed by atoms with Crippen LogP contribution in [0, 0.1) is 6.92 Å². The van der Waals surface area contributed by atoms with Gasteiger partial charge in [-0.3, -0.25) is 0 Å². The van der Waals surface area contributed by atoms with Crippen LogP contribution in [0.15, 0.2) is 60.7 Å². The van der Waals surface area contributed by atoms with Gasteiger partial charge in [-0.05, 0) is 43.0 Å². The minimum absolute atomic E-state index is 1.02. The topological polar surface area (TPSA) is 12.0 Å². The molecule has 0 radical (unpaired) electrons. The van der Waals surface area contributed by atoms with E-state index in [2.05, 4.69) is 72.9 Å². The van der Waals surface area contributed by atoms with Crippen LogP contribution in [0.2, 0.25) is 0 Å². The van der Waals surface area contributed by atoms with E-state index in [9.17, 15) is 0 Å². The van der Waals surface area contributed by atoms with Crippen LogP contribution in [0.25, 0.3) is 6.08 Å². The zero-order chi connectivity index (χ0) is 13.3. The fourth-order valence-corrected chi connectivity index (χ4v) is 1.99. The van der Waals surface area contributed by atoms with Gasteiger partial charge in [0.25, 0.3) is 0 Å². The highest BCUT2D eigenvalue weighted by Crippen LogP contribution is 2.10. The van der Waals surface area contributed by atoms with Gasteiger partial charge >= 0.3 is 0 Å². The standard InChI is InChI=1S/C18H21N/c1-16-10-7-8-12-17(16)11-4-3-9-15-19-18-13-5-2-6-14-18/h2,4-8,10-14,19H,3,9,15H2,1H3/b11-4+. The van der Waals surface area contributed by atoms with Crippen molar-refractivity contribution < 1.29 is 0 Å². The Labute approximate surface area is 116 Å². The molecule has 1 N–H and O–H groups in total. The van der Waals surface area contributed by atoms with Crippen molar-refractivity contribution in [1.82, 2.24) is 0 Å². The second-order valence-electron chi connectivity index (χ2n) is 4.69. The zero-order valence-electron chi connectivity index (χ0n) is 11.5. The molecule has 2 aromatic carbocycles. The summed E-state index contributed by atoms with van der Waals surface area (Å²) in [6, 6.07) is 18.8. The summed E-state index contributed by atoms with van der Waals surface area (Å²) >= 11 is 0. The Morgan fingerprint density at radius 3 is 2.47 bits per heavy atom. The number of nitrogens with one attached hydrogen (secondary N) is 1. The van der Waals surface area contributed by atoms with Crippen LogP contribution in [-0.2, 0) is 0 Å². The van der Waals surface area contributed by atoms with Crippen molar-refractivity contribution >= 4 is 11.8 Å². The van der Waals surface area contributed by atoms with E-state index in [1.54, 1.807) is 0 Å². The molecule has 0 bridgehead atoms. The van der Waals surface area contributed by atoms with Crippen LogP contribution in [0.3, 0.4) is 0 Å². The number of aryl methyl sites for hydroxylation is 1. The highest BCUT2D eigenvalue weighted by molar-refractivity contribution is 5.53. The Bertz CT molecular complexity index is 514. The quantitative estimate of drug-likeness (QED) is 0.720. The summed E-state index contributed by atoms with van der Waals surface area (Å²) in [5.41, 5.74) is 3.85. The van der Waals surface area contributed by atoms with Crippen molar-refractivity contribution in [2.45, 2.75) is 19.8 Å². The molecule has 0 fully saturated rings. The van der Waals surface area contributed by atoms with Crippen molar-refractivity contribution in [1.29, 1.82) is 0 Å². The van der Waals surface area contributed by atoms with E-state index in [-0.39, 0.29) is 0 Å². The maximum absolute atomic E-state index is 3.42. The van der Waals surface area contributed by atoms with E-state index >= 15 is 0 Å². The normalized spacial score (nSPS) is 10.8. The average Bonchev–Trinajstić information content (AvgIpc) is 2.45. The molecular weight excluding hydrogens is 230 g/mol. The highest BCUT2D eigenvalue weighted by atomic mass is 14.9. The number of hydrogen-bond donors (Lipinski definition) is 1. The number of anilines is 1. The molecular formula is C18H21N. The third-order valence-corrected chi connectivity index (χ3v) is 3.14. The molecule has 0 amide bonds. The largest absolute Gasteiger partial charge is 0.385 e. The molecule has 0 atom stereocenters. The van der Waals surface area contributed by atoms with Crippen LogP contribution < -0.4 is 5.32 Å². The lowest BCUT2D eigenvalue weighted by Crippen LogP contribution is -2.00. The molecule has 0 unspecified atom stereocenters. The minimum Gasteiger partial charge on any atom is -0.385 e. The van der Waals surface area contributed by atoms with Crippen LogP contribution >= 0.6 is 0 Å². The van der Waals surface area contributed by atoms with Gasteiger partial charge in [0.2, 0.25) is 0 Å². The monoisotopic (exact) mass is 251 g/mol. The van der Waals surface area contributed by atoms with Crippen LogP contribution in [0.5, 0.6) is 0 Å². The van der Waals surface area contributed by atoms with Gasteiger partial charge in [-0.2, -0.15) is 0 Å². The van der Waals surface area contributed by atoms with E-state index in [0.29, 0.717) is 0 Å². The van der Waals surface area contributed by atoms with Gasteiger partial charge in [-0.15, -0.1) is 0 Å². The van der Waals surface area contributed by atoms with E-state index in [1.165, 1.54) is 16.8 Å². The summed E-state index contributed by atoms with van der Waals surface area (Å²) < 4.78 is 0. The second kappa shape index (κ2) is 7.42. The van der Waals surface area contributed by atoms with Crippen molar-refractivity contribution in [3.8, 4) is 0 Å². The lowest BCUT2D eigenvalue weighted by Gasteiger charge is -2.04. The van der Waals surface area contributed by atoms with Gasteiger partial charge < -0.3 is 5.32 Å². The molecule has 1 nitrogen and oxygen atoms in total. The van der Waals surface area contributed by atoms with Crippen molar-refractivity contribution in [3.05, 3.63) is 71.8 Å². The highest BCUT2D eigenvalue weighted by Gasteiger charge is 1.91. The Morgan fingerprint density at radius 1 is 0.947 bits per heavy atom. The second-order valence-corrected chi connectivity index (χ2v) is 4.69. The lowest BCUT2D eigenvalue weighted by molar-refractivity contribution is 0.892. The number of hydrogen-bond acceptors (Lipinski definition) is 1. The molecule has 98 valence electrons. The zero-order valence-corrected chi connectivity index (χ0v) is 11.5. The minimum atomic E-state index is 1.02. The molecule has 2 aromatic rings. The first-order chi connectivity index (χ1) is 9.36. The maximum atomic E-state index is 3.42. The molecule has 2 rings (SSSR count). The van der Waals surface area contributed by atoms with E-state index in [0.717, 1.165) is 19.4 Å². The summed E-state index contributed by atoms with van der Waals surface area (Å²) in [7, 11) is 0. The third kappa shape index (κ3) is 4.63. The molecule has 0 spiro atoms. The molecule has 0 saturated heterocycles. The summed E-state index contributed by atoms with van der Waals surface area (Å²) in [4.78, 5) is 0. The van der Waals surface area contributed by atoms with Crippen molar-refractivity contribution in [3.63, 3.8) is 0 Å². The summed E-state index contributed by atoms with van der Waals surface area (Å²) in [6.07, 6.45) is 6.73. The molecule has 0 heterocycles. The molecule has 0 aliphatic carbocycles. The first kappa shape index (κ1) is 13.4. The Hall–Kier alpha value is -2.02. The van der Waals surface area contributed by atoms with Gasteiger partial charge in [0.1, 0.15) is 0 Å². The molecule has 19 heavy (non-hydrogen) atoms. The SMILES string of the molecule is Cc1ccccc1/C=C/CCCNc1ccccc1. The molecule has 0 aliphatic rings. The lowest BCUT2D eigenvalue weighted by atomic mass is 10.1. The first-order valence-corrected chi connectivity index (χ1v) is 6.87. The number of para-hydroxylation sites is 1. The average molecular weight is 251 g/mol. The fourth-order valence-electron chi connectivity index (χ4n) is 1.99. The number of benzene rings is 2. The molecule has 0 saturated carbocycles. The molecule has 0 aromatic heterocycles. The maximum Gasteiger partial charge on any atom is 0.0340 e. The molecule has 0 aliphatic heterocycles. The smallest absolute Gasteiger partial charge is 0.0340 e. The summed E-state index contributed by atoms with van der Waals surface area (Å²) in [6.45, 7) is 3.17. The van der Waals surface area contributed by atoms with Crippen molar-refractivity contribution in [2.75, 3.05) is 11.9 Å². The first-order valence-electron chi connectivity index (χ1n) is 6.87. The number of unbranched alkanes of at least 4 members (excludes halogenated alkanes) is 1. The Morgan fingerprint density at radius 2 is 1.68 bits per heavy atom. The van der Waals surface area contributed by atoms with Gasteiger partial charge in [0.05, 0.1) is 0 Å². The Kier molecular flexibility index (Phi) is 5.24. The van der Waals surface area contributed by atoms with Crippen LogP contribution in [-0.4, -0.2) is 6.54 Å².